The average molecular weight is 281 g/mol. The molecule has 1 atom stereocenters. The van der Waals surface area contributed by atoms with Crippen molar-refractivity contribution in [2.75, 3.05) is 24.6 Å². The van der Waals surface area contributed by atoms with Crippen molar-refractivity contribution in [3.8, 4) is 6.07 Å². The second-order valence-electron chi connectivity index (χ2n) is 5.74. The maximum absolute atomic E-state index is 9.44. The number of nitrogens with zero attached hydrogens (tertiary/aromatic N) is 3. The number of para-hydroxylation sites is 1. The second kappa shape index (κ2) is 5.71. The lowest BCUT2D eigenvalue weighted by molar-refractivity contribution is 0.209. The van der Waals surface area contributed by atoms with E-state index in [1.54, 1.807) is 6.20 Å². The van der Waals surface area contributed by atoms with Crippen molar-refractivity contribution in [1.29, 1.82) is 5.26 Å². The van der Waals surface area contributed by atoms with Crippen LogP contribution in [0, 0.1) is 24.2 Å². The number of benzene rings is 1. The number of nitriles is 1. The van der Waals surface area contributed by atoms with Gasteiger partial charge in [0.15, 0.2) is 0 Å². The number of hydrogen-bond acceptors (Lipinski definition) is 4. The minimum Gasteiger partial charge on any atom is -0.396 e. The summed E-state index contributed by atoms with van der Waals surface area (Å²) in [5, 5.41) is 19.9. The van der Waals surface area contributed by atoms with Crippen LogP contribution in [0.1, 0.15) is 24.0 Å². The first-order valence-corrected chi connectivity index (χ1v) is 7.39. The first-order chi connectivity index (χ1) is 10.2. The molecule has 0 aliphatic carbocycles. The van der Waals surface area contributed by atoms with E-state index in [1.165, 1.54) is 0 Å². The first-order valence-electron chi connectivity index (χ1n) is 7.39. The Hall–Kier alpha value is -2.12. The highest BCUT2D eigenvalue weighted by Gasteiger charge is 2.23. The van der Waals surface area contributed by atoms with Crippen LogP contribution in [0.15, 0.2) is 24.4 Å². The molecule has 2 heterocycles. The molecule has 1 aromatic heterocycles. The van der Waals surface area contributed by atoms with E-state index in [4.69, 9.17) is 0 Å². The smallest absolute Gasteiger partial charge is 0.103 e. The predicted molar refractivity (Wildman–Crippen MR) is 83.2 cm³/mol. The van der Waals surface area contributed by atoms with Gasteiger partial charge >= 0.3 is 0 Å². The van der Waals surface area contributed by atoms with Gasteiger partial charge in [-0.2, -0.15) is 5.26 Å². The summed E-state index contributed by atoms with van der Waals surface area (Å²) in [6.45, 7) is 3.98. The molecule has 2 aromatic rings. The Morgan fingerprint density at radius 1 is 1.48 bits per heavy atom. The van der Waals surface area contributed by atoms with Crippen LogP contribution in [0.4, 0.5) is 5.69 Å². The zero-order valence-electron chi connectivity index (χ0n) is 12.2. The molecule has 1 saturated heterocycles. The summed E-state index contributed by atoms with van der Waals surface area (Å²) < 4.78 is 0. The van der Waals surface area contributed by atoms with Crippen LogP contribution in [0.2, 0.25) is 0 Å². The maximum atomic E-state index is 9.44. The van der Waals surface area contributed by atoms with Crippen molar-refractivity contribution in [3.05, 3.63) is 35.5 Å². The van der Waals surface area contributed by atoms with Crippen molar-refractivity contribution >= 4 is 16.6 Å². The summed E-state index contributed by atoms with van der Waals surface area (Å²) in [4.78, 5) is 6.69. The van der Waals surface area contributed by atoms with Gasteiger partial charge in [0.05, 0.1) is 16.8 Å². The fraction of sp³-hybridized carbons (Fsp3) is 0.412. The van der Waals surface area contributed by atoms with Crippen molar-refractivity contribution in [3.63, 3.8) is 0 Å². The normalized spacial score (nSPS) is 18.7. The van der Waals surface area contributed by atoms with Crippen LogP contribution in [0.25, 0.3) is 10.9 Å². The summed E-state index contributed by atoms with van der Waals surface area (Å²) in [5.74, 6) is 0.290. The molecule has 0 saturated carbocycles. The van der Waals surface area contributed by atoms with Crippen molar-refractivity contribution < 1.29 is 5.11 Å². The number of aryl methyl sites for hydroxylation is 1. The number of hydrogen-bond donors (Lipinski definition) is 1. The lowest BCUT2D eigenvalue weighted by atomic mass is 9.96. The van der Waals surface area contributed by atoms with Gasteiger partial charge in [-0.1, -0.05) is 18.2 Å². The molecule has 4 heteroatoms. The molecular formula is C17H19N3O. The minimum atomic E-state index is 0.209. The molecule has 1 aliphatic heterocycles. The van der Waals surface area contributed by atoms with Crippen molar-refractivity contribution in [2.24, 2.45) is 5.92 Å². The van der Waals surface area contributed by atoms with Gasteiger partial charge in [0.1, 0.15) is 6.07 Å². The summed E-state index contributed by atoms with van der Waals surface area (Å²) >= 11 is 0. The van der Waals surface area contributed by atoms with Gasteiger partial charge < -0.3 is 10.0 Å². The second-order valence-corrected chi connectivity index (χ2v) is 5.74. The molecule has 108 valence electrons. The Morgan fingerprint density at radius 2 is 2.33 bits per heavy atom. The topological polar surface area (TPSA) is 60.1 Å². The lowest BCUT2D eigenvalue weighted by Gasteiger charge is -2.34. The van der Waals surface area contributed by atoms with Gasteiger partial charge in [-0.3, -0.25) is 4.98 Å². The molecule has 21 heavy (non-hydrogen) atoms. The Balaban J connectivity index is 2.15. The van der Waals surface area contributed by atoms with E-state index in [-0.39, 0.29) is 6.61 Å². The summed E-state index contributed by atoms with van der Waals surface area (Å²) in [5.41, 5.74) is 3.67. The molecule has 1 fully saturated rings. The van der Waals surface area contributed by atoms with E-state index < -0.39 is 0 Å². The van der Waals surface area contributed by atoms with Gasteiger partial charge in [-0.15, -0.1) is 0 Å². The van der Waals surface area contributed by atoms with Gasteiger partial charge in [0.2, 0.25) is 0 Å². The van der Waals surface area contributed by atoms with Crippen LogP contribution < -0.4 is 4.90 Å². The lowest BCUT2D eigenvalue weighted by Crippen LogP contribution is -2.37. The van der Waals surface area contributed by atoms with Gasteiger partial charge in [-0.25, -0.2) is 0 Å². The number of fused-ring (bicyclic) bond motifs is 1. The molecule has 3 rings (SSSR count). The highest BCUT2D eigenvalue weighted by atomic mass is 16.3. The van der Waals surface area contributed by atoms with Crippen LogP contribution in [-0.4, -0.2) is 29.8 Å². The number of rotatable bonds is 2. The Morgan fingerprint density at radius 3 is 3.10 bits per heavy atom. The van der Waals surface area contributed by atoms with E-state index in [9.17, 15) is 10.4 Å². The highest BCUT2D eigenvalue weighted by Crippen LogP contribution is 2.33. The molecule has 0 bridgehead atoms. The molecule has 1 aromatic carbocycles. The maximum Gasteiger partial charge on any atom is 0.103 e. The molecule has 1 aliphatic rings. The largest absolute Gasteiger partial charge is 0.396 e. The SMILES string of the molecule is Cc1cccc2c(N3CCC[C@H](CO)C3)c(C#N)cnc12. The number of pyridine rings is 1. The molecule has 0 spiro atoms. The Bertz CT molecular complexity index is 705. The third-order valence-corrected chi connectivity index (χ3v) is 4.28. The van der Waals surface area contributed by atoms with Gasteiger partial charge in [0, 0.05) is 31.3 Å². The molecular weight excluding hydrogens is 262 g/mol. The van der Waals surface area contributed by atoms with Crippen LogP contribution in [-0.2, 0) is 0 Å². The van der Waals surface area contributed by atoms with Gasteiger partial charge in [-0.05, 0) is 31.2 Å². The molecule has 0 amide bonds. The quantitative estimate of drug-likeness (QED) is 0.919. The van der Waals surface area contributed by atoms with E-state index in [2.05, 4.69) is 16.0 Å². The number of aliphatic hydroxyl groups is 1. The van der Waals surface area contributed by atoms with Crippen LogP contribution in [0.3, 0.4) is 0 Å². The fourth-order valence-corrected chi connectivity index (χ4v) is 3.20. The summed E-state index contributed by atoms with van der Waals surface area (Å²) in [7, 11) is 0. The van der Waals surface area contributed by atoms with Gasteiger partial charge in [0.25, 0.3) is 0 Å². The zero-order valence-corrected chi connectivity index (χ0v) is 12.2. The molecule has 1 N–H and O–H groups in total. The third-order valence-electron chi connectivity index (χ3n) is 4.28. The summed E-state index contributed by atoms with van der Waals surface area (Å²) in [6.07, 6.45) is 3.77. The van der Waals surface area contributed by atoms with Crippen LogP contribution >= 0.6 is 0 Å². The van der Waals surface area contributed by atoms with Crippen LogP contribution in [0.5, 0.6) is 0 Å². The molecule has 4 nitrogen and oxygen atoms in total. The number of anilines is 1. The fourth-order valence-electron chi connectivity index (χ4n) is 3.20. The number of aromatic nitrogens is 1. The predicted octanol–water partition coefficient (Wildman–Crippen LogP) is 2.62. The average Bonchev–Trinajstić information content (AvgIpc) is 2.54. The third kappa shape index (κ3) is 2.45. The standard InChI is InChI=1S/C17H19N3O/c1-12-4-2-6-15-16(12)19-9-14(8-18)17(15)20-7-3-5-13(10-20)11-21/h2,4,6,9,13,21H,3,5,7,10-11H2,1H3/t13-/m0/s1. The van der Waals surface area contributed by atoms with E-state index in [1.807, 2.05) is 25.1 Å². The monoisotopic (exact) mass is 281 g/mol. The van der Waals surface area contributed by atoms with Crippen molar-refractivity contribution in [2.45, 2.75) is 19.8 Å². The van der Waals surface area contributed by atoms with E-state index in [0.717, 1.165) is 48.1 Å². The molecule has 0 radical (unpaired) electrons. The zero-order chi connectivity index (χ0) is 14.8. The highest BCUT2D eigenvalue weighted by molar-refractivity contribution is 5.96. The first kappa shape index (κ1) is 13.8. The van der Waals surface area contributed by atoms with E-state index >= 15 is 0 Å². The Kier molecular flexibility index (Phi) is 3.76. The van der Waals surface area contributed by atoms with E-state index in [0.29, 0.717) is 11.5 Å². The molecule has 0 unspecified atom stereocenters. The summed E-state index contributed by atoms with van der Waals surface area (Å²) in [6, 6.07) is 8.36. The number of aliphatic hydroxyl groups excluding tert-OH is 1. The number of piperidine rings is 1. The minimum absolute atomic E-state index is 0.209. The Labute approximate surface area is 124 Å². The van der Waals surface area contributed by atoms with Crippen molar-refractivity contribution in [1.82, 2.24) is 4.98 Å².